The second-order valence-corrected chi connectivity index (χ2v) is 8.34. The summed E-state index contributed by atoms with van der Waals surface area (Å²) in [5, 5.41) is 11.5. The second kappa shape index (κ2) is 4.35. The molecule has 0 bridgehead atoms. The minimum Gasteiger partial charge on any atom is -0.357 e. The normalized spacial score (nSPS) is 23.5. The Morgan fingerprint density at radius 3 is 2.35 bits per heavy atom. The summed E-state index contributed by atoms with van der Waals surface area (Å²) in [6.07, 6.45) is 3.68. The number of aromatic nitrogens is 2. The number of nitrogens with one attached hydrogen (secondary N) is 2. The molecule has 0 spiro atoms. The summed E-state index contributed by atoms with van der Waals surface area (Å²) in [5.74, 6) is 0. The molecule has 0 aliphatic heterocycles. The largest absolute Gasteiger partial charge is 0.357 e. The molecule has 1 saturated carbocycles. The van der Waals surface area contributed by atoms with Crippen LogP contribution in [-0.4, -0.2) is 16.2 Å². The third kappa shape index (κ3) is 3.52. The van der Waals surface area contributed by atoms with Crippen molar-refractivity contribution in [2.45, 2.75) is 53.0 Å². The predicted octanol–water partition coefficient (Wildman–Crippen LogP) is 4.22. The van der Waals surface area contributed by atoms with Crippen LogP contribution in [0.2, 0.25) is 0 Å². The van der Waals surface area contributed by atoms with Gasteiger partial charge in [0, 0.05) is 6.04 Å². The Morgan fingerprint density at radius 2 is 1.88 bits per heavy atom. The molecule has 3 nitrogen and oxygen atoms in total. The molecule has 17 heavy (non-hydrogen) atoms. The van der Waals surface area contributed by atoms with E-state index in [1.807, 2.05) is 0 Å². The van der Waals surface area contributed by atoms with Gasteiger partial charge in [0.15, 0.2) is 3.95 Å². The molecule has 0 radical (unpaired) electrons. The van der Waals surface area contributed by atoms with E-state index in [-0.39, 0.29) is 0 Å². The molecule has 1 heterocycles. The quantitative estimate of drug-likeness (QED) is 0.791. The number of hydrogen-bond acceptors (Lipinski definition) is 4. The van der Waals surface area contributed by atoms with Crippen molar-refractivity contribution < 1.29 is 0 Å². The Morgan fingerprint density at radius 1 is 1.29 bits per heavy atom. The lowest BCUT2D eigenvalue weighted by atomic mass is 9.63. The van der Waals surface area contributed by atoms with Gasteiger partial charge in [-0.1, -0.05) is 39.0 Å². The molecule has 0 unspecified atom stereocenters. The average Bonchev–Trinajstić information content (AvgIpc) is 2.44. The average molecular weight is 271 g/mol. The van der Waals surface area contributed by atoms with Crippen LogP contribution in [-0.2, 0) is 0 Å². The van der Waals surface area contributed by atoms with Crippen LogP contribution in [0.25, 0.3) is 0 Å². The number of H-pyrrole nitrogens is 1. The monoisotopic (exact) mass is 271 g/mol. The maximum Gasteiger partial charge on any atom is 0.204 e. The number of nitrogens with zero attached hydrogens (tertiary/aromatic N) is 1. The zero-order chi connectivity index (χ0) is 12.7. The van der Waals surface area contributed by atoms with E-state index in [1.165, 1.54) is 30.6 Å². The lowest BCUT2D eigenvalue weighted by molar-refractivity contribution is 0.105. The highest BCUT2D eigenvalue weighted by atomic mass is 32.1. The fourth-order valence-corrected chi connectivity index (χ4v) is 4.28. The van der Waals surface area contributed by atoms with E-state index in [0.29, 0.717) is 16.9 Å². The van der Waals surface area contributed by atoms with Crippen LogP contribution in [0.3, 0.4) is 0 Å². The van der Waals surface area contributed by atoms with E-state index < -0.39 is 0 Å². The number of aromatic amines is 1. The smallest absolute Gasteiger partial charge is 0.204 e. The molecular formula is C12H21N3S2. The first-order valence-electron chi connectivity index (χ1n) is 6.08. The molecule has 1 aliphatic carbocycles. The van der Waals surface area contributed by atoms with Gasteiger partial charge in [-0.15, -0.1) is 5.10 Å². The van der Waals surface area contributed by atoms with Crippen molar-refractivity contribution in [3.63, 3.8) is 0 Å². The first-order valence-corrected chi connectivity index (χ1v) is 7.30. The predicted molar refractivity (Wildman–Crippen MR) is 76.1 cm³/mol. The van der Waals surface area contributed by atoms with Gasteiger partial charge < -0.3 is 5.32 Å². The molecule has 0 aromatic carbocycles. The summed E-state index contributed by atoms with van der Waals surface area (Å²) in [6, 6.07) is 0.503. The van der Waals surface area contributed by atoms with Gasteiger partial charge >= 0.3 is 0 Å². The Hall–Kier alpha value is -0.420. The molecule has 5 heteroatoms. The second-order valence-electron chi connectivity index (χ2n) is 6.67. The fourth-order valence-electron chi connectivity index (χ4n) is 3.41. The third-order valence-corrected chi connectivity index (χ3v) is 4.34. The van der Waals surface area contributed by atoms with Crippen LogP contribution in [0.5, 0.6) is 0 Å². The van der Waals surface area contributed by atoms with Crippen molar-refractivity contribution in [2.75, 3.05) is 5.32 Å². The molecule has 1 aromatic heterocycles. The Balaban J connectivity index is 2.08. The summed E-state index contributed by atoms with van der Waals surface area (Å²) >= 11 is 6.57. The maximum absolute atomic E-state index is 5.05. The molecule has 0 atom stereocenters. The Labute approximate surface area is 112 Å². The van der Waals surface area contributed by atoms with Crippen molar-refractivity contribution >= 4 is 28.7 Å². The highest BCUT2D eigenvalue weighted by Gasteiger charge is 2.38. The van der Waals surface area contributed by atoms with Crippen LogP contribution in [0, 0.1) is 14.8 Å². The SMILES string of the molecule is CC1(C)CC(Nc2n[nH]c(=S)s2)CC(C)(C)C1. The first-order chi connectivity index (χ1) is 7.76. The molecule has 2 rings (SSSR count). The highest BCUT2D eigenvalue weighted by Crippen LogP contribution is 2.46. The number of rotatable bonds is 2. The Kier molecular flexibility index (Phi) is 3.34. The molecular weight excluding hydrogens is 250 g/mol. The van der Waals surface area contributed by atoms with Gasteiger partial charge in [-0.25, -0.2) is 0 Å². The van der Waals surface area contributed by atoms with E-state index in [9.17, 15) is 0 Å². The highest BCUT2D eigenvalue weighted by molar-refractivity contribution is 7.73. The van der Waals surface area contributed by atoms with Gasteiger partial charge in [-0.3, -0.25) is 5.10 Å². The summed E-state index contributed by atoms with van der Waals surface area (Å²) in [7, 11) is 0. The van der Waals surface area contributed by atoms with Crippen molar-refractivity contribution in [2.24, 2.45) is 10.8 Å². The molecule has 2 N–H and O–H groups in total. The minimum absolute atomic E-state index is 0.400. The lowest BCUT2D eigenvalue weighted by Crippen LogP contribution is -2.40. The van der Waals surface area contributed by atoms with Crippen molar-refractivity contribution in [1.82, 2.24) is 10.2 Å². The van der Waals surface area contributed by atoms with Gasteiger partial charge in [0.1, 0.15) is 0 Å². The minimum atomic E-state index is 0.400. The summed E-state index contributed by atoms with van der Waals surface area (Å²) in [4.78, 5) is 0. The van der Waals surface area contributed by atoms with Gasteiger partial charge in [0.05, 0.1) is 0 Å². The third-order valence-electron chi connectivity index (χ3n) is 3.32. The topological polar surface area (TPSA) is 40.7 Å². The molecule has 1 fully saturated rings. The molecule has 1 aromatic rings. The van der Waals surface area contributed by atoms with Gasteiger partial charge in [0.2, 0.25) is 5.13 Å². The zero-order valence-electron chi connectivity index (χ0n) is 11.0. The van der Waals surface area contributed by atoms with Gasteiger partial charge in [-0.05, 0) is 42.3 Å². The van der Waals surface area contributed by atoms with Crippen LogP contribution < -0.4 is 5.32 Å². The standard InChI is InChI=1S/C12H21N3S2/c1-11(2)5-8(6-12(3,4)7-11)13-9-14-15-10(16)17-9/h8H,5-7H2,1-4H3,(H,13,14)(H,15,16). The maximum atomic E-state index is 5.05. The van der Waals surface area contributed by atoms with E-state index in [1.54, 1.807) is 0 Å². The summed E-state index contributed by atoms with van der Waals surface area (Å²) < 4.78 is 0.738. The number of anilines is 1. The van der Waals surface area contributed by atoms with Crippen molar-refractivity contribution in [1.29, 1.82) is 0 Å². The fraction of sp³-hybridized carbons (Fsp3) is 0.833. The van der Waals surface area contributed by atoms with E-state index >= 15 is 0 Å². The molecule has 96 valence electrons. The van der Waals surface area contributed by atoms with E-state index in [2.05, 4.69) is 43.2 Å². The van der Waals surface area contributed by atoms with Gasteiger partial charge in [-0.2, -0.15) is 0 Å². The van der Waals surface area contributed by atoms with Gasteiger partial charge in [0.25, 0.3) is 0 Å². The molecule has 0 saturated heterocycles. The Bertz CT molecular complexity index is 429. The molecule has 1 aliphatic rings. The van der Waals surface area contributed by atoms with E-state index in [4.69, 9.17) is 12.2 Å². The zero-order valence-corrected chi connectivity index (χ0v) is 12.6. The van der Waals surface area contributed by atoms with Crippen molar-refractivity contribution in [3.05, 3.63) is 3.95 Å². The van der Waals surface area contributed by atoms with Crippen LogP contribution >= 0.6 is 23.6 Å². The first kappa shape index (κ1) is 13.0. The van der Waals surface area contributed by atoms with Crippen molar-refractivity contribution in [3.8, 4) is 0 Å². The summed E-state index contributed by atoms with van der Waals surface area (Å²) in [5.41, 5.74) is 0.800. The van der Waals surface area contributed by atoms with Crippen LogP contribution in [0.1, 0.15) is 47.0 Å². The van der Waals surface area contributed by atoms with Crippen LogP contribution in [0.4, 0.5) is 5.13 Å². The van der Waals surface area contributed by atoms with E-state index in [0.717, 1.165) is 9.09 Å². The number of hydrogen-bond donors (Lipinski definition) is 2. The summed E-state index contributed by atoms with van der Waals surface area (Å²) in [6.45, 7) is 9.42. The molecule has 0 amide bonds. The lowest BCUT2D eigenvalue weighted by Gasteiger charge is -2.45. The van der Waals surface area contributed by atoms with Crippen LogP contribution in [0.15, 0.2) is 0 Å².